The molecule has 0 atom stereocenters. The molecule has 0 aromatic heterocycles. The van der Waals surface area contributed by atoms with E-state index in [4.69, 9.17) is 9.79 Å². The van der Waals surface area contributed by atoms with Gasteiger partial charge in [0, 0.05) is 0 Å². The average molecular weight is 415 g/mol. The van der Waals surface area contributed by atoms with Crippen LogP contribution in [-0.2, 0) is 9.09 Å². The van der Waals surface area contributed by atoms with Crippen molar-refractivity contribution in [2.24, 2.45) is 0 Å². The molecule has 0 unspecified atom stereocenters. The molecule has 152 valence electrons. The summed E-state index contributed by atoms with van der Waals surface area (Å²) in [7, 11) is -4.27. The maximum Gasteiger partial charge on any atom is 0.469 e. The molecule has 2 N–H and O–H groups in total. The van der Waals surface area contributed by atoms with Crippen LogP contribution in [0.15, 0.2) is 0 Å². The molecule has 0 aromatic rings. The zero-order valence-corrected chi connectivity index (χ0v) is 18.5. The van der Waals surface area contributed by atoms with Crippen molar-refractivity contribution in [2.45, 2.75) is 83.5 Å². The Bertz CT molecular complexity index is 313. The number of phosphoric acid groups is 1. The average Bonchev–Trinajstić information content (AvgIpc) is 2.56. The van der Waals surface area contributed by atoms with Crippen LogP contribution in [0.2, 0.25) is 0 Å². The number of hydrogen-bond donors (Lipinski definition) is 2. The zero-order chi connectivity index (χ0) is 18.6. The number of unbranched alkanes of at least 4 members (excludes halogenated alkanes) is 11. The Hall–Kier alpha value is 0.810. The van der Waals surface area contributed by atoms with Gasteiger partial charge in [-0.2, -0.15) is 23.5 Å². The summed E-state index contributed by atoms with van der Waals surface area (Å²) in [6.45, 7) is 0.148. The molecular formula is C18H39O4PS2. The summed E-state index contributed by atoms with van der Waals surface area (Å²) in [5.74, 6) is 3.38. The lowest BCUT2D eigenvalue weighted by Gasteiger charge is -2.05. The van der Waals surface area contributed by atoms with E-state index in [9.17, 15) is 4.57 Å². The van der Waals surface area contributed by atoms with Gasteiger partial charge >= 0.3 is 7.82 Å². The Morgan fingerprint density at radius 3 is 1.52 bits per heavy atom. The second kappa shape index (κ2) is 19.6. The fourth-order valence-corrected chi connectivity index (χ4v) is 4.46. The number of thioether (sulfide) groups is 2. The molecule has 0 radical (unpaired) electrons. The summed E-state index contributed by atoms with van der Waals surface area (Å²) >= 11 is 3.81. The van der Waals surface area contributed by atoms with Crippen molar-refractivity contribution in [3.8, 4) is 0 Å². The predicted molar refractivity (Wildman–Crippen MR) is 114 cm³/mol. The van der Waals surface area contributed by atoms with E-state index in [0.29, 0.717) is 6.42 Å². The van der Waals surface area contributed by atoms with Crippen molar-refractivity contribution < 1.29 is 18.9 Å². The molecule has 0 aliphatic heterocycles. The van der Waals surface area contributed by atoms with Gasteiger partial charge in [-0.3, -0.25) is 4.52 Å². The van der Waals surface area contributed by atoms with E-state index in [1.165, 1.54) is 82.8 Å². The molecule has 7 heteroatoms. The van der Waals surface area contributed by atoms with E-state index >= 15 is 0 Å². The van der Waals surface area contributed by atoms with E-state index in [1.54, 1.807) is 0 Å². The molecule has 0 fully saturated rings. The maximum absolute atomic E-state index is 10.5. The van der Waals surface area contributed by atoms with Crippen molar-refractivity contribution in [3.63, 3.8) is 0 Å². The molecule has 0 rings (SSSR count). The van der Waals surface area contributed by atoms with Crippen LogP contribution >= 0.6 is 31.3 Å². The van der Waals surface area contributed by atoms with E-state index in [1.807, 2.05) is 23.5 Å². The molecular weight excluding hydrogens is 375 g/mol. The van der Waals surface area contributed by atoms with Crippen molar-refractivity contribution >= 4 is 31.3 Å². The lowest BCUT2D eigenvalue weighted by molar-refractivity contribution is 0.198. The number of hydrogen-bond acceptors (Lipinski definition) is 4. The summed E-state index contributed by atoms with van der Waals surface area (Å²) in [6, 6.07) is 0. The number of rotatable bonds is 20. The molecule has 0 amide bonds. The van der Waals surface area contributed by atoms with Crippen LogP contribution in [0, 0.1) is 0 Å². The first kappa shape index (κ1) is 25.8. The van der Waals surface area contributed by atoms with Crippen LogP contribution in [0.5, 0.6) is 0 Å². The van der Waals surface area contributed by atoms with Crippen LogP contribution in [0.4, 0.5) is 0 Å². The van der Waals surface area contributed by atoms with Gasteiger partial charge in [-0.15, -0.1) is 0 Å². The molecule has 0 saturated heterocycles. The van der Waals surface area contributed by atoms with Crippen LogP contribution in [0.1, 0.15) is 83.5 Å². The van der Waals surface area contributed by atoms with Gasteiger partial charge in [0.1, 0.15) is 0 Å². The van der Waals surface area contributed by atoms with Gasteiger partial charge in [0.15, 0.2) is 0 Å². The monoisotopic (exact) mass is 414 g/mol. The van der Waals surface area contributed by atoms with E-state index < -0.39 is 7.82 Å². The molecule has 25 heavy (non-hydrogen) atoms. The third-order valence-electron chi connectivity index (χ3n) is 4.08. The van der Waals surface area contributed by atoms with Crippen LogP contribution < -0.4 is 0 Å². The Balaban J connectivity index is 3.02. The molecule has 0 aliphatic rings. The summed E-state index contributed by atoms with van der Waals surface area (Å²) in [6.07, 6.45) is 19.4. The van der Waals surface area contributed by atoms with Crippen molar-refractivity contribution in [3.05, 3.63) is 0 Å². The molecule has 0 aromatic carbocycles. The summed E-state index contributed by atoms with van der Waals surface area (Å²) < 4.78 is 14.9. The molecule has 0 saturated carbocycles. The van der Waals surface area contributed by atoms with Gasteiger partial charge < -0.3 is 9.79 Å². The highest BCUT2D eigenvalue weighted by molar-refractivity contribution is 7.99. The third-order valence-corrected chi connectivity index (χ3v) is 6.45. The number of phosphoric ester groups is 1. The Morgan fingerprint density at radius 2 is 1.08 bits per heavy atom. The topological polar surface area (TPSA) is 66.8 Å². The van der Waals surface area contributed by atoms with Crippen LogP contribution in [0.3, 0.4) is 0 Å². The van der Waals surface area contributed by atoms with E-state index in [0.717, 1.165) is 11.5 Å². The lowest BCUT2D eigenvalue weighted by Crippen LogP contribution is -1.94. The first-order chi connectivity index (χ1) is 12.1. The van der Waals surface area contributed by atoms with E-state index in [-0.39, 0.29) is 6.61 Å². The third kappa shape index (κ3) is 24.8. The van der Waals surface area contributed by atoms with Crippen LogP contribution in [0.25, 0.3) is 0 Å². The van der Waals surface area contributed by atoms with Crippen molar-refractivity contribution in [1.82, 2.24) is 0 Å². The van der Waals surface area contributed by atoms with Gasteiger partial charge in [-0.1, -0.05) is 64.2 Å². The summed E-state index contributed by atoms with van der Waals surface area (Å²) in [5, 5.41) is 0. The lowest BCUT2D eigenvalue weighted by atomic mass is 10.1. The standard InChI is InChI=1S/C18H39O4PS2/c1-24-16-12-10-8-6-4-2-3-5-7-9-11-13-17-25-18-14-15-22-23(19,20)21/h2-18H2,1H3,(H2,19,20,21). The SMILES string of the molecule is CSCCCCCCCCCCCCCCSCCCOP(=O)(O)O. The van der Waals surface area contributed by atoms with Crippen molar-refractivity contribution in [2.75, 3.05) is 30.1 Å². The van der Waals surface area contributed by atoms with Gasteiger partial charge in [0.25, 0.3) is 0 Å². The molecule has 0 spiro atoms. The normalized spacial score (nSPS) is 12.0. The molecule has 4 nitrogen and oxygen atoms in total. The predicted octanol–water partition coefficient (Wildman–Crippen LogP) is 6.26. The van der Waals surface area contributed by atoms with Crippen molar-refractivity contribution in [1.29, 1.82) is 0 Å². The summed E-state index contributed by atoms with van der Waals surface area (Å²) in [5.41, 5.74) is 0. The Labute approximate surface area is 163 Å². The smallest absolute Gasteiger partial charge is 0.303 e. The maximum atomic E-state index is 10.5. The first-order valence-corrected chi connectivity index (χ1v) is 13.9. The summed E-state index contributed by atoms with van der Waals surface area (Å²) in [4.78, 5) is 17.1. The fourth-order valence-electron chi connectivity index (χ4n) is 2.66. The highest BCUT2D eigenvalue weighted by Crippen LogP contribution is 2.35. The zero-order valence-electron chi connectivity index (χ0n) is 16.0. The van der Waals surface area contributed by atoms with Gasteiger partial charge in [-0.05, 0) is 42.8 Å². The van der Waals surface area contributed by atoms with Gasteiger partial charge in [0.2, 0.25) is 0 Å². The van der Waals surface area contributed by atoms with E-state index in [2.05, 4.69) is 10.8 Å². The molecule has 0 bridgehead atoms. The minimum atomic E-state index is -4.27. The molecule has 0 aliphatic carbocycles. The minimum absolute atomic E-state index is 0.148. The fraction of sp³-hybridized carbons (Fsp3) is 1.00. The van der Waals surface area contributed by atoms with Crippen LogP contribution in [-0.4, -0.2) is 39.9 Å². The highest BCUT2D eigenvalue weighted by atomic mass is 32.2. The van der Waals surface area contributed by atoms with Gasteiger partial charge in [0.05, 0.1) is 6.61 Å². The second-order valence-corrected chi connectivity index (χ2v) is 9.97. The minimum Gasteiger partial charge on any atom is -0.303 e. The Morgan fingerprint density at radius 1 is 0.680 bits per heavy atom. The first-order valence-electron chi connectivity index (χ1n) is 9.83. The highest BCUT2D eigenvalue weighted by Gasteiger charge is 2.12. The van der Waals surface area contributed by atoms with Gasteiger partial charge in [-0.25, -0.2) is 4.57 Å². The quantitative estimate of drug-likeness (QED) is 0.181. The second-order valence-electron chi connectivity index (χ2n) is 6.53. The largest absolute Gasteiger partial charge is 0.469 e. The molecule has 0 heterocycles. The Kier molecular flexibility index (Phi) is 20.2.